The number of hydrogen-bond acceptors (Lipinski definition) is 5. The number of amides is 3. The Kier molecular flexibility index (Phi) is 8.71. The molecule has 3 N–H and O–H groups in total. The Morgan fingerprint density at radius 3 is 2.33 bits per heavy atom. The van der Waals surface area contributed by atoms with E-state index in [4.69, 9.17) is 11.6 Å². The van der Waals surface area contributed by atoms with Crippen LogP contribution in [0.2, 0.25) is 5.02 Å². The van der Waals surface area contributed by atoms with E-state index in [0.29, 0.717) is 23.0 Å². The first kappa shape index (κ1) is 27.3. The molecule has 5 rings (SSSR count). The van der Waals surface area contributed by atoms with Crippen molar-refractivity contribution in [1.29, 1.82) is 0 Å². The molecule has 10 heteroatoms. The van der Waals surface area contributed by atoms with Gasteiger partial charge in [-0.1, -0.05) is 72.4 Å². The Morgan fingerprint density at radius 2 is 1.68 bits per heavy atom. The van der Waals surface area contributed by atoms with Gasteiger partial charge in [0.25, 0.3) is 11.9 Å². The molecule has 1 aliphatic carbocycles. The van der Waals surface area contributed by atoms with Crippen molar-refractivity contribution in [3.8, 4) is 0 Å². The molecule has 206 valence electrons. The molecule has 3 amide bonds. The van der Waals surface area contributed by atoms with E-state index in [1.54, 1.807) is 17.0 Å². The summed E-state index contributed by atoms with van der Waals surface area (Å²) < 4.78 is 0. The van der Waals surface area contributed by atoms with Crippen molar-refractivity contribution in [2.45, 2.75) is 57.5 Å². The van der Waals surface area contributed by atoms with Crippen LogP contribution in [-0.4, -0.2) is 32.6 Å². The first-order chi connectivity index (χ1) is 19.5. The number of halogens is 1. The molecule has 9 nitrogen and oxygen atoms in total. The van der Waals surface area contributed by atoms with Crippen molar-refractivity contribution in [1.82, 2.24) is 25.9 Å². The SMILES string of the molecule is C[C@H](NC(=O)N(Cc1ccc(C(=O)Nc2nn[nH]n2)cc1)c1ccc(C2CCCCC2)cc1)c1ccc(Cl)cc1. The zero-order valence-electron chi connectivity index (χ0n) is 22.3. The fourth-order valence-electron chi connectivity index (χ4n) is 5.07. The molecule has 1 fully saturated rings. The lowest BCUT2D eigenvalue weighted by atomic mass is 9.84. The number of carbonyl (C=O) groups is 2. The van der Waals surface area contributed by atoms with Gasteiger partial charge in [-0.05, 0) is 84.0 Å². The third-order valence-corrected chi connectivity index (χ3v) is 7.62. The van der Waals surface area contributed by atoms with Crippen LogP contribution in [0.5, 0.6) is 0 Å². The van der Waals surface area contributed by atoms with Crippen LogP contribution in [0.1, 0.15) is 78.0 Å². The van der Waals surface area contributed by atoms with Gasteiger partial charge < -0.3 is 5.32 Å². The molecular weight excluding hydrogens is 526 g/mol. The minimum Gasteiger partial charge on any atom is -0.331 e. The van der Waals surface area contributed by atoms with Gasteiger partial charge in [0.15, 0.2) is 0 Å². The largest absolute Gasteiger partial charge is 0.331 e. The van der Waals surface area contributed by atoms with Crippen LogP contribution >= 0.6 is 11.6 Å². The molecule has 3 aromatic carbocycles. The number of hydrogen-bond donors (Lipinski definition) is 3. The third kappa shape index (κ3) is 6.84. The van der Waals surface area contributed by atoms with Crippen molar-refractivity contribution >= 4 is 35.2 Å². The summed E-state index contributed by atoms with van der Waals surface area (Å²) in [6.07, 6.45) is 6.29. The zero-order chi connectivity index (χ0) is 27.9. The fraction of sp³-hybridized carbons (Fsp3) is 0.300. The summed E-state index contributed by atoms with van der Waals surface area (Å²) in [4.78, 5) is 27.9. The topological polar surface area (TPSA) is 116 Å². The molecule has 1 heterocycles. The second-order valence-corrected chi connectivity index (χ2v) is 10.6. The van der Waals surface area contributed by atoms with E-state index in [-0.39, 0.29) is 23.9 Å². The summed E-state index contributed by atoms with van der Waals surface area (Å²) in [5.74, 6) is 0.335. The van der Waals surface area contributed by atoms with Crippen LogP contribution in [0, 0.1) is 0 Å². The molecular formula is C30H32ClN7O2. The smallest absolute Gasteiger partial charge is 0.322 e. The van der Waals surface area contributed by atoms with Crippen LogP contribution in [-0.2, 0) is 6.54 Å². The second kappa shape index (κ2) is 12.7. The molecule has 40 heavy (non-hydrogen) atoms. The average Bonchev–Trinajstić information content (AvgIpc) is 3.50. The predicted molar refractivity (Wildman–Crippen MR) is 155 cm³/mol. The van der Waals surface area contributed by atoms with Gasteiger partial charge in [0.05, 0.1) is 12.6 Å². The van der Waals surface area contributed by atoms with Gasteiger partial charge in [0, 0.05) is 16.3 Å². The fourth-order valence-corrected chi connectivity index (χ4v) is 5.20. The van der Waals surface area contributed by atoms with Gasteiger partial charge >= 0.3 is 6.03 Å². The van der Waals surface area contributed by atoms with Crippen molar-refractivity contribution in [3.63, 3.8) is 0 Å². The number of aromatic amines is 1. The zero-order valence-corrected chi connectivity index (χ0v) is 23.1. The van der Waals surface area contributed by atoms with Crippen molar-refractivity contribution in [2.75, 3.05) is 10.2 Å². The van der Waals surface area contributed by atoms with Gasteiger partial charge in [0.2, 0.25) is 0 Å². The highest BCUT2D eigenvalue weighted by Gasteiger charge is 2.21. The third-order valence-electron chi connectivity index (χ3n) is 7.36. The normalized spacial score (nSPS) is 14.3. The van der Waals surface area contributed by atoms with Crippen molar-refractivity contribution in [2.24, 2.45) is 0 Å². The molecule has 1 saturated carbocycles. The number of nitrogens with one attached hydrogen (secondary N) is 3. The van der Waals surface area contributed by atoms with Crippen LogP contribution in [0.15, 0.2) is 72.8 Å². The lowest BCUT2D eigenvalue weighted by molar-refractivity contribution is 0.102. The Hall–Kier alpha value is -4.24. The Labute approximate surface area is 238 Å². The highest BCUT2D eigenvalue weighted by Crippen LogP contribution is 2.33. The molecule has 4 aromatic rings. The van der Waals surface area contributed by atoms with Crippen LogP contribution in [0.25, 0.3) is 0 Å². The summed E-state index contributed by atoms with van der Waals surface area (Å²) >= 11 is 6.05. The van der Waals surface area contributed by atoms with E-state index in [1.165, 1.54) is 37.7 Å². The van der Waals surface area contributed by atoms with E-state index in [0.717, 1.165) is 16.8 Å². The number of benzene rings is 3. The van der Waals surface area contributed by atoms with Gasteiger partial charge in [-0.15, -0.1) is 5.10 Å². The summed E-state index contributed by atoms with van der Waals surface area (Å²) in [6, 6.07) is 22.5. The molecule has 1 aromatic heterocycles. The monoisotopic (exact) mass is 557 g/mol. The van der Waals surface area contributed by atoms with E-state index >= 15 is 0 Å². The van der Waals surface area contributed by atoms with E-state index < -0.39 is 0 Å². The molecule has 0 aliphatic heterocycles. The van der Waals surface area contributed by atoms with E-state index in [9.17, 15) is 9.59 Å². The van der Waals surface area contributed by atoms with E-state index in [2.05, 4.69) is 43.4 Å². The van der Waals surface area contributed by atoms with E-state index in [1.807, 2.05) is 55.5 Å². The number of carbonyl (C=O) groups excluding carboxylic acids is 2. The van der Waals surface area contributed by atoms with Crippen molar-refractivity contribution < 1.29 is 9.59 Å². The highest BCUT2D eigenvalue weighted by atomic mass is 35.5. The quantitative estimate of drug-likeness (QED) is 0.225. The molecule has 0 unspecified atom stereocenters. The first-order valence-electron chi connectivity index (χ1n) is 13.5. The van der Waals surface area contributed by atoms with Gasteiger partial charge in [-0.2, -0.15) is 5.21 Å². The Balaban J connectivity index is 1.34. The molecule has 0 saturated heterocycles. The molecule has 0 bridgehead atoms. The summed E-state index contributed by atoms with van der Waals surface area (Å²) in [5.41, 5.74) is 4.41. The Morgan fingerprint density at radius 1 is 0.975 bits per heavy atom. The summed E-state index contributed by atoms with van der Waals surface area (Å²) in [6.45, 7) is 2.28. The first-order valence-corrected chi connectivity index (χ1v) is 13.9. The Bertz CT molecular complexity index is 1400. The second-order valence-electron chi connectivity index (χ2n) is 10.1. The molecule has 0 radical (unpaired) electrons. The van der Waals surface area contributed by atoms with Crippen LogP contribution in [0.4, 0.5) is 16.4 Å². The maximum atomic E-state index is 13.6. The average molecular weight is 558 g/mol. The van der Waals surface area contributed by atoms with Crippen molar-refractivity contribution in [3.05, 3.63) is 100 Å². The van der Waals surface area contributed by atoms with Crippen LogP contribution in [0.3, 0.4) is 0 Å². The van der Waals surface area contributed by atoms with Gasteiger partial charge in [0.1, 0.15) is 0 Å². The predicted octanol–water partition coefficient (Wildman–Crippen LogP) is 6.63. The van der Waals surface area contributed by atoms with Crippen LogP contribution < -0.4 is 15.5 Å². The highest BCUT2D eigenvalue weighted by molar-refractivity contribution is 6.30. The number of anilines is 2. The number of rotatable bonds is 8. The number of urea groups is 1. The number of tetrazole rings is 1. The molecule has 1 atom stereocenters. The summed E-state index contributed by atoms with van der Waals surface area (Å²) in [7, 11) is 0. The minimum absolute atomic E-state index is 0.100. The standard InChI is InChI=1S/C30H32ClN7O2/c1-20(22-11-15-26(31)16-12-22)32-30(40)38(27-17-13-24(14-18-27)23-5-3-2-4-6-23)19-21-7-9-25(10-8-21)28(39)33-29-34-36-37-35-29/h7-18,20,23H,2-6,19H2,1H3,(H,32,40)(H2,33,34,35,36,37,39)/t20-/m0/s1. The number of aromatic nitrogens is 4. The minimum atomic E-state index is -0.349. The van der Waals surface area contributed by atoms with Gasteiger partial charge in [-0.25, -0.2) is 4.79 Å². The number of H-pyrrole nitrogens is 1. The number of nitrogens with zero attached hydrogens (tertiary/aromatic N) is 4. The lowest BCUT2D eigenvalue weighted by Gasteiger charge is -2.27. The maximum absolute atomic E-state index is 13.6. The maximum Gasteiger partial charge on any atom is 0.322 e. The molecule has 1 aliphatic rings. The molecule has 0 spiro atoms. The summed E-state index contributed by atoms with van der Waals surface area (Å²) in [5, 5.41) is 19.6. The van der Waals surface area contributed by atoms with Gasteiger partial charge in [-0.3, -0.25) is 15.0 Å². The lowest BCUT2D eigenvalue weighted by Crippen LogP contribution is -2.40.